The molecule has 0 unspecified atom stereocenters. The number of carbonyl (C=O) groups is 2. The first kappa shape index (κ1) is 29.0. The number of piperidine rings is 1. The van der Waals surface area contributed by atoms with Gasteiger partial charge in [0.1, 0.15) is 16.2 Å². The van der Waals surface area contributed by atoms with E-state index in [2.05, 4.69) is 15.3 Å². The van der Waals surface area contributed by atoms with Gasteiger partial charge in [0, 0.05) is 25.6 Å². The molecule has 210 valence electrons. The highest BCUT2D eigenvalue weighted by Gasteiger charge is 2.27. The fourth-order valence-electron chi connectivity index (χ4n) is 4.25. The fraction of sp³-hybridized carbons (Fsp3) is 0.423. The molecule has 2 aromatic carbocycles. The predicted molar refractivity (Wildman–Crippen MR) is 149 cm³/mol. The molecule has 1 aliphatic heterocycles. The second kappa shape index (κ2) is 11.6. The van der Waals surface area contributed by atoms with E-state index in [4.69, 9.17) is 32.1 Å². The monoisotopic (exact) mass is 596 g/mol. The van der Waals surface area contributed by atoms with E-state index in [9.17, 15) is 18.0 Å². The third kappa shape index (κ3) is 7.55. The van der Waals surface area contributed by atoms with E-state index in [1.54, 1.807) is 11.0 Å². The van der Waals surface area contributed by atoms with Crippen LogP contribution < -0.4 is 9.50 Å². The van der Waals surface area contributed by atoms with Crippen LogP contribution in [0.3, 0.4) is 0 Å². The van der Waals surface area contributed by atoms with Crippen molar-refractivity contribution in [1.29, 1.82) is 0 Å². The fourth-order valence-corrected chi connectivity index (χ4v) is 6.27. The SMILES string of the molecule is CC(C)(C)OC(=O)N1CCC(CCC(=O)Nc2nc3cc(OS(=O)(=O)c4c(Cl)cccc4Cl)ccc3[nH]2)CC1. The highest BCUT2D eigenvalue weighted by molar-refractivity contribution is 7.87. The molecule has 0 bridgehead atoms. The molecule has 0 radical (unpaired) electrons. The number of carbonyl (C=O) groups excluding carboxylic acids is 2. The molecule has 0 aliphatic carbocycles. The van der Waals surface area contributed by atoms with E-state index in [1.807, 2.05) is 20.8 Å². The number of anilines is 1. The summed E-state index contributed by atoms with van der Waals surface area (Å²) in [5, 5.41) is 2.64. The maximum absolute atomic E-state index is 12.7. The Morgan fingerprint density at radius 3 is 2.44 bits per heavy atom. The third-order valence-corrected chi connectivity index (χ3v) is 8.34. The summed E-state index contributed by atoms with van der Waals surface area (Å²) in [4.78, 5) is 33.5. The molecule has 0 spiro atoms. The molecular weight excluding hydrogens is 567 g/mol. The van der Waals surface area contributed by atoms with Gasteiger partial charge in [-0.1, -0.05) is 29.3 Å². The largest absolute Gasteiger partial charge is 0.444 e. The molecule has 2 heterocycles. The van der Waals surface area contributed by atoms with Gasteiger partial charge in [0.2, 0.25) is 11.9 Å². The van der Waals surface area contributed by atoms with Crippen molar-refractivity contribution in [2.75, 3.05) is 18.4 Å². The number of benzene rings is 2. The molecule has 2 N–H and O–H groups in total. The molecule has 13 heteroatoms. The highest BCUT2D eigenvalue weighted by atomic mass is 35.5. The quantitative estimate of drug-likeness (QED) is 0.319. The average Bonchev–Trinajstić information content (AvgIpc) is 3.22. The molecule has 39 heavy (non-hydrogen) atoms. The van der Waals surface area contributed by atoms with Crippen LogP contribution in [0.25, 0.3) is 11.0 Å². The molecular formula is C26H30Cl2N4O6S. The minimum absolute atomic E-state index is 0.0144. The number of aromatic nitrogens is 2. The van der Waals surface area contributed by atoms with Crippen LogP contribution in [0.4, 0.5) is 10.7 Å². The van der Waals surface area contributed by atoms with Crippen LogP contribution in [-0.2, 0) is 19.6 Å². The number of halogens is 2. The van der Waals surface area contributed by atoms with Crippen LogP contribution in [0, 0.1) is 5.92 Å². The number of hydrogen-bond donors (Lipinski definition) is 2. The first-order valence-corrected chi connectivity index (χ1v) is 14.6. The Bertz CT molecular complexity index is 1460. The lowest BCUT2D eigenvalue weighted by molar-refractivity contribution is -0.116. The lowest BCUT2D eigenvalue weighted by atomic mass is 9.92. The Morgan fingerprint density at radius 2 is 1.79 bits per heavy atom. The molecule has 1 saturated heterocycles. The summed E-state index contributed by atoms with van der Waals surface area (Å²) in [5.74, 6) is 0.388. The van der Waals surface area contributed by atoms with Crippen molar-refractivity contribution in [3.05, 3.63) is 46.4 Å². The molecule has 0 saturated carbocycles. The van der Waals surface area contributed by atoms with E-state index in [1.165, 1.54) is 30.3 Å². The number of fused-ring (bicyclic) bond motifs is 1. The van der Waals surface area contributed by atoms with Gasteiger partial charge in [-0.2, -0.15) is 8.42 Å². The molecule has 0 atom stereocenters. The van der Waals surface area contributed by atoms with Crippen LogP contribution in [0.2, 0.25) is 10.0 Å². The normalized spacial score (nSPS) is 14.8. The topological polar surface area (TPSA) is 131 Å². The maximum Gasteiger partial charge on any atom is 0.410 e. The average molecular weight is 598 g/mol. The van der Waals surface area contributed by atoms with Gasteiger partial charge in [-0.05, 0) is 70.2 Å². The molecule has 1 aliphatic rings. The molecule has 2 amide bonds. The second-order valence-electron chi connectivity index (χ2n) is 10.4. The van der Waals surface area contributed by atoms with Gasteiger partial charge in [-0.3, -0.25) is 10.1 Å². The Morgan fingerprint density at radius 1 is 1.13 bits per heavy atom. The summed E-state index contributed by atoms with van der Waals surface area (Å²) in [7, 11) is -4.29. The number of nitrogens with zero attached hydrogens (tertiary/aromatic N) is 2. The third-order valence-electron chi connectivity index (χ3n) is 6.13. The molecule has 1 aromatic heterocycles. The zero-order valence-corrected chi connectivity index (χ0v) is 24.1. The number of rotatable bonds is 7. The zero-order valence-electron chi connectivity index (χ0n) is 21.8. The maximum atomic E-state index is 12.7. The number of aromatic amines is 1. The number of H-pyrrole nitrogens is 1. The van der Waals surface area contributed by atoms with E-state index in [0.29, 0.717) is 42.9 Å². The van der Waals surface area contributed by atoms with Crippen molar-refractivity contribution in [2.45, 2.75) is 57.0 Å². The minimum atomic E-state index is -4.29. The van der Waals surface area contributed by atoms with Crippen molar-refractivity contribution >= 4 is 62.3 Å². The van der Waals surface area contributed by atoms with Gasteiger partial charge in [-0.25, -0.2) is 9.78 Å². The molecule has 4 rings (SSSR count). The van der Waals surface area contributed by atoms with E-state index in [0.717, 1.165) is 12.8 Å². The summed E-state index contributed by atoms with van der Waals surface area (Å²) < 4.78 is 36.1. The second-order valence-corrected chi connectivity index (χ2v) is 12.6. The smallest absolute Gasteiger partial charge is 0.410 e. The molecule has 1 fully saturated rings. The lowest BCUT2D eigenvalue weighted by Crippen LogP contribution is -2.41. The van der Waals surface area contributed by atoms with E-state index >= 15 is 0 Å². The van der Waals surface area contributed by atoms with Crippen LogP contribution in [0.5, 0.6) is 5.75 Å². The van der Waals surface area contributed by atoms with Gasteiger partial charge in [0.15, 0.2) is 0 Å². The predicted octanol–water partition coefficient (Wildman–Crippen LogP) is 6.00. The molecule has 10 nitrogen and oxygen atoms in total. The summed E-state index contributed by atoms with van der Waals surface area (Å²) >= 11 is 12.0. The first-order chi connectivity index (χ1) is 18.3. The summed E-state index contributed by atoms with van der Waals surface area (Å²) in [6.45, 7) is 6.73. The highest BCUT2D eigenvalue weighted by Crippen LogP contribution is 2.32. The number of ether oxygens (including phenoxy) is 1. The van der Waals surface area contributed by atoms with Crippen molar-refractivity contribution in [2.24, 2.45) is 5.92 Å². The number of amides is 2. The Kier molecular flexibility index (Phi) is 8.63. The van der Waals surface area contributed by atoms with Crippen LogP contribution in [0.1, 0.15) is 46.5 Å². The number of imidazole rings is 1. The summed E-state index contributed by atoms with van der Waals surface area (Å²) in [6.07, 6.45) is 2.31. The van der Waals surface area contributed by atoms with Crippen LogP contribution in [0.15, 0.2) is 41.3 Å². The van der Waals surface area contributed by atoms with Gasteiger partial charge in [0.05, 0.1) is 21.1 Å². The van der Waals surface area contributed by atoms with Crippen LogP contribution >= 0.6 is 23.2 Å². The first-order valence-electron chi connectivity index (χ1n) is 12.5. The lowest BCUT2D eigenvalue weighted by Gasteiger charge is -2.33. The van der Waals surface area contributed by atoms with E-state index in [-0.39, 0.29) is 38.6 Å². The van der Waals surface area contributed by atoms with Crippen LogP contribution in [-0.4, -0.2) is 54.0 Å². The number of likely N-dealkylation sites (tertiary alicyclic amines) is 1. The van der Waals surface area contributed by atoms with Crippen molar-refractivity contribution in [1.82, 2.24) is 14.9 Å². The zero-order chi connectivity index (χ0) is 28.4. The Labute approximate surface area is 237 Å². The van der Waals surface area contributed by atoms with Crippen molar-refractivity contribution < 1.29 is 26.9 Å². The molecule has 3 aromatic rings. The van der Waals surface area contributed by atoms with Crippen molar-refractivity contribution in [3.8, 4) is 5.75 Å². The summed E-state index contributed by atoms with van der Waals surface area (Å²) in [6, 6.07) is 8.82. The minimum Gasteiger partial charge on any atom is -0.444 e. The Hall–Kier alpha value is -3.02. The van der Waals surface area contributed by atoms with Gasteiger partial charge in [0.25, 0.3) is 0 Å². The standard InChI is InChI=1S/C26H30Cl2N4O6S/c1-26(2,3)37-25(34)32-13-11-16(12-14-32)7-10-22(33)31-24-29-20-9-8-17(15-21(20)30-24)38-39(35,36)23-18(27)5-4-6-19(23)28/h4-6,8-9,15-16H,7,10-14H2,1-3H3,(H2,29,30,31,33). The van der Waals surface area contributed by atoms with Gasteiger partial charge < -0.3 is 18.8 Å². The van der Waals surface area contributed by atoms with Crippen molar-refractivity contribution in [3.63, 3.8) is 0 Å². The van der Waals surface area contributed by atoms with Gasteiger partial charge >= 0.3 is 16.2 Å². The number of hydrogen-bond acceptors (Lipinski definition) is 7. The van der Waals surface area contributed by atoms with E-state index < -0.39 is 15.7 Å². The Balaban J connectivity index is 1.30. The number of nitrogens with one attached hydrogen (secondary N) is 2. The van der Waals surface area contributed by atoms with Gasteiger partial charge in [-0.15, -0.1) is 0 Å². The summed E-state index contributed by atoms with van der Waals surface area (Å²) in [5.41, 5.74) is 0.456.